The quantitative estimate of drug-likeness (QED) is 0.180. The van der Waals surface area contributed by atoms with Crippen LogP contribution in [0.2, 0.25) is 0 Å². The zero-order chi connectivity index (χ0) is 22.9. The Labute approximate surface area is 200 Å². The largest absolute Gasteiger partial charge is 0.493 e. The summed E-state index contributed by atoms with van der Waals surface area (Å²) in [5.74, 6) is 1.36. The molecule has 9 heteroatoms. The van der Waals surface area contributed by atoms with Crippen LogP contribution in [0.1, 0.15) is 19.4 Å². The number of amides is 1. The van der Waals surface area contributed by atoms with Gasteiger partial charge in [-0.2, -0.15) is 5.10 Å². The van der Waals surface area contributed by atoms with Crippen LogP contribution in [-0.2, 0) is 11.3 Å². The molecule has 0 saturated carbocycles. The zero-order valence-corrected chi connectivity index (χ0v) is 20.3. The highest BCUT2D eigenvalue weighted by atomic mass is 79.9. The van der Waals surface area contributed by atoms with Gasteiger partial charge in [0, 0.05) is 22.1 Å². The molecule has 0 aliphatic carbocycles. The first kappa shape index (κ1) is 23.7. The summed E-state index contributed by atoms with van der Waals surface area (Å²) < 4.78 is 8.51. The molecule has 1 amide bonds. The summed E-state index contributed by atoms with van der Waals surface area (Å²) in [5.41, 5.74) is 5.25. The third-order valence-electron chi connectivity index (χ3n) is 4.19. The number of benzene rings is 2. The fourth-order valence-electron chi connectivity index (χ4n) is 2.83. The van der Waals surface area contributed by atoms with Gasteiger partial charge in [0.25, 0.3) is 5.91 Å². The van der Waals surface area contributed by atoms with Crippen molar-refractivity contribution in [3.05, 3.63) is 70.7 Å². The highest BCUT2D eigenvalue weighted by molar-refractivity contribution is 9.10. The van der Waals surface area contributed by atoms with Crippen LogP contribution in [0.3, 0.4) is 0 Å². The topological polar surface area (TPSA) is 81.4 Å². The maximum Gasteiger partial charge on any atom is 0.250 e. The number of nitrogens with zero attached hydrogens (tertiary/aromatic N) is 4. The van der Waals surface area contributed by atoms with Crippen LogP contribution in [0, 0.1) is 0 Å². The fourth-order valence-corrected chi connectivity index (χ4v) is 3.83. The molecule has 3 aromatic rings. The maximum atomic E-state index is 12.3. The first-order valence-corrected chi connectivity index (χ1v) is 11.8. The second-order valence-corrected chi connectivity index (χ2v) is 8.77. The van der Waals surface area contributed by atoms with E-state index in [1.807, 2.05) is 66.9 Å². The molecule has 0 spiro atoms. The molecule has 1 N–H and O–H groups in total. The first-order chi connectivity index (χ1) is 15.5. The summed E-state index contributed by atoms with van der Waals surface area (Å²) in [6.45, 7) is 8.99. The van der Waals surface area contributed by atoms with Gasteiger partial charge in [-0.25, -0.2) is 5.43 Å². The fraction of sp³-hybridized carbons (Fsp3) is 0.217. The van der Waals surface area contributed by atoms with Crippen LogP contribution < -0.4 is 10.2 Å². The number of halogens is 1. The molecule has 0 saturated heterocycles. The Kier molecular flexibility index (Phi) is 8.64. The van der Waals surface area contributed by atoms with Gasteiger partial charge in [-0.1, -0.05) is 64.1 Å². The molecular formula is C23H24BrN5O2S. The van der Waals surface area contributed by atoms with Crippen LogP contribution in [0.5, 0.6) is 5.75 Å². The van der Waals surface area contributed by atoms with Gasteiger partial charge < -0.3 is 4.74 Å². The third kappa shape index (κ3) is 6.54. The van der Waals surface area contributed by atoms with E-state index in [0.29, 0.717) is 18.3 Å². The average Bonchev–Trinajstić information content (AvgIpc) is 3.16. The summed E-state index contributed by atoms with van der Waals surface area (Å²) in [7, 11) is 0. The number of ether oxygens (including phenoxy) is 1. The zero-order valence-electron chi connectivity index (χ0n) is 17.9. The molecule has 3 rings (SSSR count). The highest BCUT2D eigenvalue weighted by Crippen LogP contribution is 2.26. The molecule has 1 heterocycles. The molecule has 0 bridgehead atoms. The van der Waals surface area contributed by atoms with Gasteiger partial charge in [-0.05, 0) is 38.1 Å². The summed E-state index contributed by atoms with van der Waals surface area (Å²) in [6, 6.07) is 15.4. The molecule has 1 aromatic heterocycles. The smallest absolute Gasteiger partial charge is 0.250 e. The predicted molar refractivity (Wildman–Crippen MR) is 132 cm³/mol. The summed E-state index contributed by atoms with van der Waals surface area (Å²) >= 11 is 4.75. The second kappa shape index (κ2) is 11.6. The standard InChI is InChI=1S/C23H24BrN5O2S/c1-4-31-20-8-6-5-7-18(20)13-25-26-21(30)15-32-23-28-27-22(29(23)14-16(2)3)17-9-11-19(24)12-10-17/h5-13H,2,4,14-15H2,1,3H3,(H,26,30)/b25-13+. The lowest BCUT2D eigenvalue weighted by Gasteiger charge is -2.10. The van der Waals surface area contributed by atoms with Gasteiger partial charge in [0.15, 0.2) is 11.0 Å². The summed E-state index contributed by atoms with van der Waals surface area (Å²) in [4.78, 5) is 12.3. The third-order valence-corrected chi connectivity index (χ3v) is 5.69. The molecule has 166 valence electrons. The number of thioether (sulfide) groups is 1. The van der Waals surface area contributed by atoms with E-state index in [1.54, 1.807) is 6.21 Å². The number of aromatic nitrogens is 3. The number of carbonyl (C=O) groups excluding carboxylic acids is 1. The van der Waals surface area contributed by atoms with E-state index >= 15 is 0 Å². The Morgan fingerprint density at radius 3 is 2.72 bits per heavy atom. The van der Waals surface area contributed by atoms with Crippen LogP contribution in [0.15, 0.2) is 75.4 Å². The minimum atomic E-state index is -0.241. The van der Waals surface area contributed by atoms with E-state index < -0.39 is 0 Å². The minimum absolute atomic E-state index is 0.152. The highest BCUT2D eigenvalue weighted by Gasteiger charge is 2.16. The van der Waals surface area contributed by atoms with E-state index in [2.05, 4.69) is 43.2 Å². The minimum Gasteiger partial charge on any atom is -0.493 e. The van der Waals surface area contributed by atoms with E-state index in [0.717, 1.165) is 32.7 Å². The van der Waals surface area contributed by atoms with Gasteiger partial charge in [-0.3, -0.25) is 9.36 Å². The van der Waals surface area contributed by atoms with Crippen molar-refractivity contribution in [2.45, 2.75) is 25.5 Å². The van der Waals surface area contributed by atoms with Gasteiger partial charge in [0.2, 0.25) is 0 Å². The number of hydrogen-bond acceptors (Lipinski definition) is 6. The lowest BCUT2D eigenvalue weighted by molar-refractivity contribution is -0.118. The number of para-hydroxylation sites is 1. The first-order valence-electron chi connectivity index (χ1n) is 9.98. The van der Waals surface area contributed by atoms with Crippen LogP contribution in [-0.4, -0.2) is 39.2 Å². The van der Waals surface area contributed by atoms with Crippen LogP contribution in [0.4, 0.5) is 0 Å². The molecule has 0 aliphatic heterocycles. The molecule has 7 nitrogen and oxygen atoms in total. The van der Waals surface area contributed by atoms with E-state index in [9.17, 15) is 4.79 Å². The molecule has 0 aliphatic rings. The van der Waals surface area contributed by atoms with E-state index in [4.69, 9.17) is 4.74 Å². The molecule has 0 radical (unpaired) electrons. The van der Waals surface area contributed by atoms with Gasteiger partial charge in [0.05, 0.1) is 18.6 Å². The van der Waals surface area contributed by atoms with Gasteiger partial charge in [-0.15, -0.1) is 10.2 Å². The number of hydrazone groups is 1. The summed E-state index contributed by atoms with van der Waals surface area (Å²) in [6.07, 6.45) is 1.57. The Bertz CT molecular complexity index is 1110. The maximum absolute atomic E-state index is 12.3. The van der Waals surface area contributed by atoms with Crippen molar-refractivity contribution < 1.29 is 9.53 Å². The van der Waals surface area contributed by atoms with Crippen molar-refractivity contribution in [3.8, 4) is 17.1 Å². The molecule has 0 unspecified atom stereocenters. The number of hydrogen-bond donors (Lipinski definition) is 1. The Balaban J connectivity index is 1.65. The van der Waals surface area contributed by atoms with Gasteiger partial charge in [0.1, 0.15) is 5.75 Å². The Morgan fingerprint density at radius 2 is 2.00 bits per heavy atom. The van der Waals surface area contributed by atoms with Crippen molar-refractivity contribution in [2.24, 2.45) is 5.10 Å². The molecule has 0 fully saturated rings. The van der Waals surface area contributed by atoms with Crippen molar-refractivity contribution in [1.29, 1.82) is 0 Å². The summed E-state index contributed by atoms with van der Waals surface area (Å²) in [5, 5.41) is 13.3. The molecular weight excluding hydrogens is 490 g/mol. The number of carbonyl (C=O) groups is 1. The van der Waals surface area contributed by atoms with Crippen molar-refractivity contribution >= 4 is 39.8 Å². The van der Waals surface area contributed by atoms with Crippen molar-refractivity contribution in [3.63, 3.8) is 0 Å². The SMILES string of the molecule is C=C(C)Cn1c(SCC(=O)N/N=C/c2ccccc2OCC)nnc1-c1ccc(Br)cc1. The Hall–Kier alpha value is -2.91. The predicted octanol–water partition coefficient (Wildman–Crippen LogP) is 4.92. The number of nitrogens with one attached hydrogen (secondary N) is 1. The van der Waals surface area contributed by atoms with Crippen LogP contribution >= 0.6 is 27.7 Å². The molecule has 0 atom stereocenters. The number of rotatable bonds is 10. The van der Waals surface area contributed by atoms with E-state index in [1.165, 1.54) is 11.8 Å². The second-order valence-electron chi connectivity index (χ2n) is 6.91. The average molecular weight is 514 g/mol. The Morgan fingerprint density at radius 1 is 1.25 bits per heavy atom. The molecule has 32 heavy (non-hydrogen) atoms. The lowest BCUT2D eigenvalue weighted by atomic mass is 10.2. The van der Waals surface area contributed by atoms with E-state index in [-0.39, 0.29) is 11.7 Å². The normalized spacial score (nSPS) is 11.0. The number of allylic oxidation sites excluding steroid dienone is 1. The van der Waals surface area contributed by atoms with Gasteiger partial charge >= 0.3 is 0 Å². The van der Waals surface area contributed by atoms with Crippen LogP contribution in [0.25, 0.3) is 11.4 Å². The lowest BCUT2D eigenvalue weighted by Crippen LogP contribution is -2.20. The molecule has 2 aromatic carbocycles. The monoisotopic (exact) mass is 513 g/mol. The van der Waals surface area contributed by atoms with Crippen molar-refractivity contribution in [2.75, 3.05) is 12.4 Å². The van der Waals surface area contributed by atoms with Crippen molar-refractivity contribution in [1.82, 2.24) is 20.2 Å².